The highest BCUT2D eigenvalue weighted by atomic mass is 16.3. The third-order valence-electron chi connectivity index (χ3n) is 10.7. The molecule has 0 radical (unpaired) electrons. The predicted octanol–water partition coefficient (Wildman–Crippen LogP) is 14.5. The zero-order valence-corrected chi connectivity index (χ0v) is 28.1. The fourth-order valence-electron chi connectivity index (χ4n) is 8.34. The minimum absolute atomic E-state index is 0.818. The molecule has 0 aliphatic rings. The van der Waals surface area contributed by atoms with Crippen LogP contribution in [0.2, 0.25) is 0 Å². The van der Waals surface area contributed by atoms with Crippen LogP contribution < -0.4 is 0 Å². The maximum absolute atomic E-state index is 6.83. The van der Waals surface area contributed by atoms with Gasteiger partial charge in [0.1, 0.15) is 16.7 Å². The molecule has 0 saturated carbocycles. The highest BCUT2D eigenvalue weighted by Gasteiger charge is 2.22. The summed E-state index contributed by atoms with van der Waals surface area (Å²) in [6.45, 7) is 0. The summed E-state index contributed by atoms with van der Waals surface area (Å²) in [5.41, 5.74) is 11.9. The Morgan fingerprint density at radius 1 is 0.327 bits per heavy atom. The van der Waals surface area contributed by atoms with Crippen LogP contribution in [0.1, 0.15) is 0 Å². The third kappa shape index (κ3) is 4.31. The molecule has 0 unspecified atom stereocenters. The average Bonchev–Trinajstić information content (AvgIpc) is 3.82. The van der Waals surface area contributed by atoms with Gasteiger partial charge in [-0.1, -0.05) is 158 Å². The van der Waals surface area contributed by atoms with Crippen molar-refractivity contribution < 1.29 is 8.83 Å². The normalized spacial score (nSPS) is 11.8. The number of rotatable bonds is 4. The standard InChI is InChI=1S/C50H30O2/c1-2-11-31(12-3-1)33-21-24-34(25-22-33)46-37-15-6-8-17-39(37)47(40-18-9-7-16-38(40)46)42-19-10-20-43-48-45(52-49(42)43)28-27-41-44(30-51-50(41)48)36-26-23-32-13-4-5-14-35(32)29-36/h1-30H. The topological polar surface area (TPSA) is 26.3 Å². The van der Waals surface area contributed by atoms with E-state index in [-0.39, 0.29) is 0 Å². The molecule has 2 heterocycles. The number of hydrogen-bond donors (Lipinski definition) is 0. The van der Waals surface area contributed by atoms with E-state index in [4.69, 9.17) is 8.83 Å². The van der Waals surface area contributed by atoms with Crippen LogP contribution in [0.5, 0.6) is 0 Å². The van der Waals surface area contributed by atoms with E-state index in [0.717, 1.165) is 49.6 Å². The molecule has 11 rings (SSSR count). The van der Waals surface area contributed by atoms with Gasteiger partial charge in [-0.05, 0) is 78.3 Å². The Labute approximate surface area is 299 Å². The van der Waals surface area contributed by atoms with E-state index in [1.54, 1.807) is 0 Å². The second-order valence-corrected chi connectivity index (χ2v) is 13.6. The number of furan rings is 2. The van der Waals surface area contributed by atoms with Gasteiger partial charge in [-0.15, -0.1) is 0 Å². The van der Waals surface area contributed by atoms with Crippen molar-refractivity contribution >= 4 is 65.2 Å². The molecule has 0 bridgehead atoms. The first-order valence-electron chi connectivity index (χ1n) is 17.7. The predicted molar refractivity (Wildman–Crippen MR) is 218 cm³/mol. The molecule has 0 amide bonds. The number of hydrogen-bond acceptors (Lipinski definition) is 2. The van der Waals surface area contributed by atoms with E-state index < -0.39 is 0 Å². The van der Waals surface area contributed by atoms with Gasteiger partial charge in [0.2, 0.25) is 0 Å². The molecule has 2 nitrogen and oxygen atoms in total. The third-order valence-corrected chi connectivity index (χ3v) is 10.7. The minimum atomic E-state index is 0.818. The van der Waals surface area contributed by atoms with Crippen molar-refractivity contribution in [2.75, 3.05) is 0 Å². The van der Waals surface area contributed by atoms with Gasteiger partial charge in [0.15, 0.2) is 0 Å². The van der Waals surface area contributed by atoms with Crippen molar-refractivity contribution in [3.8, 4) is 44.5 Å². The van der Waals surface area contributed by atoms with E-state index in [1.165, 1.54) is 60.1 Å². The summed E-state index contributed by atoms with van der Waals surface area (Å²) < 4.78 is 13.2. The Morgan fingerprint density at radius 2 is 0.923 bits per heavy atom. The first kappa shape index (κ1) is 28.9. The smallest absolute Gasteiger partial charge is 0.146 e. The van der Waals surface area contributed by atoms with E-state index in [9.17, 15) is 0 Å². The van der Waals surface area contributed by atoms with Gasteiger partial charge < -0.3 is 8.83 Å². The second-order valence-electron chi connectivity index (χ2n) is 13.6. The number of fused-ring (bicyclic) bond motifs is 8. The first-order chi connectivity index (χ1) is 25.8. The van der Waals surface area contributed by atoms with Gasteiger partial charge >= 0.3 is 0 Å². The average molecular weight is 663 g/mol. The molecule has 0 saturated heterocycles. The highest BCUT2D eigenvalue weighted by Crippen LogP contribution is 2.48. The lowest BCUT2D eigenvalue weighted by atomic mass is 9.85. The van der Waals surface area contributed by atoms with Gasteiger partial charge in [0.05, 0.1) is 11.6 Å². The summed E-state index contributed by atoms with van der Waals surface area (Å²) in [6, 6.07) is 63.0. The molecule has 2 heteroatoms. The fourth-order valence-corrected chi connectivity index (χ4v) is 8.34. The molecule has 0 spiro atoms. The van der Waals surface area contributed by atoms with Crippen LogP contribution in [0.25, 0.3) is 110 Å². The lowest BCUT2D eigenvalue weighted by Gasteiger charge is -2.18. The molecular weight excluding hydrogens is 633 g/mol. The molecule has 0 aliphatic carbocycles. The van der Waals surface area contributed by atoms with Gasteiger partial charge in [-0.25, -0.2) is 0 Å². The zero-order valence-electron chi connectivity index (χ0n) is 28.1. The van der Waals surface area contributed by atoms with Crippen molar-refractivity contribution in [2.24, 2.45) is 0 Å². The Kier molecular flexibility index (Phi) is 6.28. The summed E-state index contributed by atoms with van der Waals surface area (Å²) >= 11 is 0. The van der Waals surface area contributed by atoms with Crippen LogP contribution >= 0.6 is 0 Å². The van der Waals surface area contributed by atoms with Gasteiger partial charge in [-0.3, -0.25) is 0 Å². The molecule has 2 aromatic heterocycles. The Morgan fingerprint density at radius 3 is 1.67 bits per heavy atom. The highest BCUT2D eigenvalue weighted by molar-refractivity contribution is 6.26. The van der Waals surface area contributed by atoms with Crippen LogP contribution in [-0.4, -0.2) is 0 Å². The van der Waals surface area contributed by atoms with E-state index >= 15 is 0 Å². The van der Waals surface area contributed by atoms with Crippen LogP contribution in [-0.2, 0) is 0 Å². The van der Waals surface area contributed by atoms with Crippen molar-refractivity contribution in [3.05, 3.63) is 182 Å². The van der Waals surface area contributed by atoms with Crippen LogP contribution in [0.4, 0.5) is 0 Å². The Hall–Kier alpha value is -6.90. The molecule has 52 heavy (non-hydrogen) atoms. The molecule has 9 aromatic carbocycles. The van der Waals surface area contributed by atoms with Crippen molar-refractivity contribution in [1.29, 1.82) is 0 Å². The zero-order chi connectivity index (χ0) is 34.2. The largest absolute Gasteiger partial charge is 0.463 e. The molecule has 11 aromatic rings. The van der Waals surface area contributed by atoms with Crippen molar-refractivity contribution in [3.63, 3.8) is 0 Å². The lowest BCUT2D eigenvalue weighted by molar-refractivity contribution is 0.619. The second kappa shape index (κ2) is 11.3. The van der Waals surface area contributed by atoms with Gasteiger partial charge in [0, 0.05) is 27.5 Å². The molecule has 0 fully saturated rings. The first-order valence-corrected chi connectivity index (χ1v) is 17.7. The summed E-state index contributed by atoms with van der Waals surface area (Å²) in [5.74, 6) is 0. The number of benzene rings is 9. The molecule has 242 valence electrons. The van der Waals surface area contributed by atoms with Crippen LogP contribution in [0.15, 0.2) is 191 Å². The van der Waals surface area contributed by atoms with Gasteiger partial charge in [0.25, 0.3) is 0 Å². The van der Waals surface area contributed by atoms with E-state index in [1.807, 2.05) is 6.26 Å². The van der Waals surface area contributed by atoms with Crippen LogP contribution in [0, 0.1) is 0 Å². The molecule has 0 aliphatic heterocycles. The Bertz CT molecular complexity index is 3100. The molecular formula is C50H30O2. The quantitative estimate of drug-likeness (QED) is 0.175. The maximum atomic E-state index is 6.83. The lowest BCUT2D eigenvalue weighted by Crippen LogP contribution is -1.91. The van der Waals surface area contributed by atoms with E-state index in [2.05, 4.69) is 176 Å². The van der Waals surface area contributed by atoms with Crippen LogP contribution in [0.3, 0.4) is 0 Å². The maximum Gasteiger partial charge on any atom is 0.146 e. The van der Waals surface area contributed by atoms with Crippen molar-refractivity contribution in [2.45, 2.75) is 0 Å². The van der Waals surface area contributed by atoms with E-state index in [0.29, 0.717) is 0 Å². The SMILES string of the molecule is c1ccc(-c2ccc(-c3c4ccccc4c(-c4cccc5c4oc4ccc6c(-c7ccc8ccccc8c7)coc6c45)c4ccccc34)cc2)cc1. The van der Waals surface area contributed by atoms with Crippen molar-refractivity contribution in [1.82, 2.24) is 0 Å². The molecule has 0 atom stereocenters. The monoisotopic (exact) mass is 662 g/mol. The Balaban J connectivity index is 1.13. The minimum Gasteiger partial charge on any atom is -0.463 e. The number of para-hydroxylation sites is 1. The summed E-state index contributed by atoms with van der Waals surface area (Å²) in [7, 11) is 0. The van der Waals surface area contributed by atoms with Gasteiger partial charge in [-0.2, -0.15) is 0 Å². The summed E-state index contributed by atoms with van der Waals surface area (Å²) in [5, 5.41) is 10.4. The fraction of sp³-hybridized carbons (Fsp3) is 0. The molecule has 0 N–H and O–H groups in total. The summed E-state index contributed by atoms with van der Waals surface area (Å²) in [4.78, 5) is 0. The summed E-state index contributed by atoms with van der Waals surface area (Å²) in [6.07, 6.45) is 1.89.